The summed E-state index contributed by atoms with van der Waals surface area (Å²) in [6.45, 7) is 6.18. The minimum absolute atomic E-state index is 0.184. The number of likely N-dealkylation sites (N-methyl/N-ethyl adjacent to an activating group) is 1. The molecule has 0 saturated heterocycles. The zero-order valence-corrected chi connectivity index (χ0v) is 17.4. The van der Waals surface area contributed by atoms with Crippen LogP contribution in [0.5, 0.6) is 0 Å². The Balaban J connectivity index is 2.13. The zero-order valence-electron chi connectivity index (χ0n) is 15.9. The Bertz CT molecular complexity index is 817. The molecule has 0 saturated carbocycles. The van der Waals surface area contributed by atoms with E-state index in [-0.39, 0.29) is 22.4 Å². The van der Waals surface area contributed by atoms with Gasteiger partial charge >= 0.3 is 0 Å². The van der Waals surface area contributed by atoms with Crippen LogP contribution in [0.15, 0.2) is 34.7 Å². The van der Waals surface area contributed by atoms with E-state index in [0.717, 1.165) is 5.76 Å². The van der Waals surface area contributed by atoms with Crippen molar-refractivity contribution in [3.63, 3.8) is 0 Å². The number of benzene rings is 1. The number of nitrogens with zero attached hydrogens (tertiary/aromatic N) is 1. The number of furan rings is 1. The third-order valence-electron chi connectivity index (χ3n) is 4.05. The van der Waals surface area contributed by atoms with Crippen LogP contribution in [0.3, 0.4) is 0 Å². The molecule has 0 bridgehead atoms. The molecule has 0 aliphatic carbocycles. The van der Waals surface area contributed by atoms with Crippen LogP contribution in [0, 0.1) is 12.8 Å². The monoisotopic (exact) mass is 410 g/mol. The standard InChI is InChI=1S/C20H24Cl2N2O3/c1-12(2)9-18(20(26)24(4)11-15-7-5-13(3)27-15)23-19(25)16-8-6-14(21)10-17(16)22/h5-8,10,12,18H,9,11H2,1-4H3,(H,23,25). The van der Waals surface area contributed by atoms with E-state index in [1.807, 2.05) is 32.9 Å². The molecule has 1 atom stereocenters. The predicted octanol–water partition coefficient (Wildman–Crippen LogP) is 4.70. The van der Waals surface area contributed by atoms with Crippen molar-refractivity contribution in [2.75, 3.05) is 7.05 Å². The molecule has 0 spiro atoms. The molecular weight excluding hydrogens is 387 g/mol. The van der Waals surface area contributed by atoms with Crippen LogP contribution < -0.4 is 5.32 Å². The van der Waals surface area contributed by atoms with Crippen molar-refractivity contribution in [1.29, 1.82) is 0 Å². The second-order valence-corrected chi connectivity index (χ2v) is 7.83. The number of halogens is 2. The van der Waals surface area contributed by atoms with Gasteiger partial charge in [-0.05, 0) is 49.6 Å². The lowest BCUT2D eigenvalue weighted by molar-refractivity contribution is -0.133. The number of rotatable bonds is 7. The van der Waals surface area contributed by atoms with Crippen molar-refractivity contribution in [3.8, 4) is 0 Å². The van der Waals surface area contributed by atoms with Crippen molar-refractivity contribution >= 4 is 35.0 Å². The normalized spacial score (nSPS) is 12.1. The summed E-state index contributed by atoms with van der Waals surface area (Å²) in [5.41, 5.74) is 0.284. The molecule has 2 rings (SSSR count). The highest BCUT2D eigenvalue weighted by Crippen LogP contribution is 2.21. The van der Waals surface area contributed by atoms with E-state index in [4.69, 9.17) is 27.6 Å². The second kappa shape index (κ2) is 9.29. The van der Waals surface area contributed by atoms with Gasteiger partial charge in [0.05, 0.1) is 17.1 Å². The molecule has 2 amide bonds. The first-order valence-corrected chi connectivity index (χ1v) is 9.49. The first kappa shape index (κ1) is 21.3. The maximum atomic E-state index is 12.9. The van der Waals surface area contributed by atoms with Gasteiger partial charge in [0.2, 0.25) is 5.91 Å². The Hall–Kier alpha value is -1.98. The summed E-state index contributed by atoms with van der Waals surface area (Å²) in [5, 5.41) is 3.50. The van der Waals surface area contributed by atoms with Crippen molar-refractivity contribution in [3.05, 3.63) is 57.5 Å². The van der Waals surface area contributed by atoms with Gasteiger partial charge in [-0.2, -0.15) is 0 Å². The van der Waals surface area contributed by atoms with Gasteiger partial charge in [0.1, 0.15) is 17.6 Å². The summed E-state index contributed by atoms with van der Waals surface area (Å²) in [6, 6.07) is 7.67. The third kappa shape index (κ3) is 6.01. The Morgan fingerprint density at radius 2 is 1.89 bits per heavy atom. The summed E-state index contributed by atoms with van der Waals surface area (Å²) in [6.07, 6.45) is 0.511. The highest BCUT2D eigenvalue weighted by Gasteiger charge is 2.26. The summed E-state index contributed by atoms with van der Waals surface area (Å²) in [4.78, 5) is 27.1. The van der Waals surface area contributed by atoms with Gasteiger partial charge in [0.25, 0.3) is 5.91 Å². The van der Waals surface area contributed by atoms with Crippen LogP contribution in [0.4, 0.5) is 0 Å². The van der Waals surface area contributed by atoms with Gasteiger partial charge in [0, 0.05) is 12.1 Å². The Morgan fingerprint density at radius 1 is 1.19 bits per heavy atom. The van der Waals surface area contributed by atoms with Gasteiger partial charge in [-0.25, -0.2) is 0 Å². The van der Waals surface area contributed by atoms with Crippen LogP contribution in [0.2, 0.25) is 10.0 Å². The minimum atomic E-state index is -0.662. The molecule has 0 aliphatic rings. The summed E-state index contributed by atoms with van der Waals surface area (Å²) < 4.78 is 5.53. The zero-order chi connectivity index (χ0) is 20.1. The highest BCUT2D eigenvalue weighted by molar-refractivity contribution is 6.36. The van der Waals surface area contributed by atoms with Crippen molar-refractivity contribution in [1.82, 2.24) is 10.2 Å². The maximum Gasteiger partial charge on any atom is 0.253 e. The molecule has 1 unspecified atom stereocenters. The minimum Gasteiger partial charge on any atom is -0.464 e. The fraction of sp³-hybridized carbons (Fsp3) is 0.400. The predicted molar refractivity (Wildman–Crippen MR) is 107 cm³/mol. The van der Waals surface area contributed by atoms with Gasteiger partial charge in [0.15, 0.2) is 0 Å². The number of hydrogen-bond acceptors (Lipinski definition) is 3. The lowest BCUT2D eigenvalue weighted by atomic mass is 10.0. The summed E-state index contributed by atoms with van der Waals surface area (Å²) in [5.74, 6) is 1.11. The van der Waals surface area contributed by atoms with Crippen molar-refractivity contribution < 1.29 is 14.0 Å². The number of carbonyl (C=O) groups excluding carboxylic acids is 2. The van der Waals surface area contributed by atoms with Crippen LogP contribution in [0.25, 0.3) is 0 Å². The molecule has 0 aliphatic heterocycles. The second-order valence-electron chi connectivity index (χ2n) is 6.99. The average Bonchev–Trinajstić information content (AvgIpc) is 2.97. The van der Waals surface area contributed by atoms with E-state index in [1.165, 1.54) is 6.07 Å². The first-order valence-electron chi connectivity index (χ1n) is 8.73. The molecule has 2 aromatic rings. The quantitative estimate of drug-likeness (QED) is 0.719. The summed E-state index contributed by atoms with van der Waals surface area (Å²) in [7, 11) is 1.69. The average molecular weight is 411 g/mol. The van der Waals surface area contributed by atoms with Crippen molar-refractivity contribution in [2.45, 2.75) is 39.8 Å². The van der Waals surface area contributed by atoms with E-state index in [0.29, 0.717) is 23.7 Å². The number of amides is 2. The Labute approximate surface area is 169 Å². The first-order chi connectivity index (χ1) is 12.7. The van der Waals surface area contributed by atoms with E-state index in [2.05, 4.69) is 5.32 Å². The van der Waals surface area contributed by atoms with Gasteiger partial charge in [-0.1, -0.05) is 37.0 Å². The van der Waals surface area contributed by atoms with E-state index < -0.39 is 11.9 Å². The summed E-state index contributed by atoms with van der Waals surface area (Å²) >= 11 is 12.0. The molecule has 1 N–H and O–H groups in total. The van der Waals surface area contributed by atoms with Crippen LogP contribution >= 0.6 is 23.2 Å². The molecule has 7 heteroatoms. The van der Waals surface area contributed by atoms with Gasteiger partial charge in [-0.3, -0.25) is 9.59 Å². The number of hydrogen-bond donors (Lipinski definition) is 1. The van der Waals surface area contributed by atoms with Crippen LogP contribution in [0.1, 0.15) is 42.1 Å². The van der Waals surface area contributed by atoms with Gasteiger partial charge < -0.3 is 14.6 Å². The SMILES string of the molecule is Cc1ccc(CN(C)C(=O)C(CC(C)C)NC(=O)c2ccc(Cl)cc2Cl)o1. The van der Waals surface area contributed by atoms with Crippen LogP contribution in [-0.2, 0) is 11.3 Å². The molecule has 146 valence electrons. The van der Waals surface area contributed by atoms with E-state index in [1.54, 1.807) is 24.1 Å². The number of aryl methyl sites for hydroxylation is 1. The topological polar surface area (TPSA) is 62.6 Å². The molecule has 1 heterocycles. The Morgan fingerprint density at radius 3 is 2.44 bits per heavy atom. The third-order valence-corrected chi connectivity index (χ3v) is 4.60. The van der Waals surface area contributed by atoms with Crippen molar-refractivity contribution in [2.24, 2.45) is 5.92 Å². The largest absolute Gasteiger partial charge is 0.464 e. The highest BCUT2D eigenvalue weighted by atomic mass is 35.5. The maximum absolute atomic E-state index is 12.9. The fourth-order valence-electron chi connectivity index (χ4n) is 2.75. The molecular formula is C20H24Cl2N2O3. The molecule has 1 aromatic carbocycles. The smallest absolute Gasteiger partial charge is 0.253 e. The van der Waals surface area contributed by atoms with E-state index in [9.17, 15) is 9.59 Å². The lowest BCUT2D eigenvalue weighted by Crippen LogP contribution is -2.47. The molecule has 0 radical (unpaired) electrons. The number of carbonyl (C=O) groups is 2. The molecule has 1 aromatic heterocycles. The van der Waals surface area contributed by atoms with Crippen LogP contribution in [-0.4, -0.2) is 29.8 Å². The molecule has 0 fully saturated rings. The van der Waals surface area contributed by atoms with E-state index >= 15 is 0 Å². The molecule has 27 heavy (non-hydrogen) atoms. The number of nitrogens with one attached hydrogen (secondary N) is 1. The van der Waals surface area contributed by atoms with Gasteiger partial charge in [-0.15, -0.1) is 0 Å². The molecule has 5 nitrogen and oxygen atoms in total. The Kier molecular flexibility index (Phi) is 7.33. The fourth-order valence-corrected chi connectivity index (χ4v) is 3.24. The lowest BCUT2D eigenvalue weighted by Gasteiger charge is -2.25.